The molecule has 0 atom stereocenters. The molecule has 1 N–H and O–H groups in total. The molecule has 1 aliphatic rings. The molecule has 1 fully saturated rings. The minimum absolute atomic E-state index is 0.242. The van der Waals surface area contributed by atoms with Crippen molar-refractivity contribution in [2.75, 3.05) is 0 Å². The number of nitrogens with zero attached hydrogens (tertiary/aromatic N) is 9. The van der Waals surface area contributed by atoms with E-state index in [4.69, 9.17) is 4.98 Å². The highest BCUT2D eigenvalue weighted by Crippen LogP contribution is 2.39. The number of rotatable bonds is 9. The second-order valence-electron chi connectivity index (χ2n) is 8.89. The number of fused-ring (bicyclic) bond motifs is 1. The number of aryl methyl sites for hydroxylation is 1. The predicted molar refractivity (Wildman–Crippen MR) is 125 cm³/mol. The number of hydrogen-bond donors (Lipinski definition) is 1. The van der Waals surface area contributed by atoms with Gasteiger partial charge in [-0.3, -0.25) is 0 Å². The molecular formula is C24H25FN10. The average molecular weight is 473 g/mol. The molecule has 5 aromatic rings. The minimum Gasteiger partial charge on any atom is -0.307 e. The van der Waals surface area contributed by atoms with Crippen LogP contribution in [-0.2, 0) is 26.1 Å². The summed E-state index contributed by atoms with van der Waals surface area (Å²) in [6.07, 6.45) is 10.7. The van der Waals surface area contributed by atoms with E-state index in [0.29, 0.717) is 48.8 Å². The Kier molecular flexibility index (Phi) is 5.53. The number of nitrogens with one attached hydrogen (secondary N) is 1. The van der Waals surface area contributed by atoms with Gasteiger partial charge in [0.2, 0.25) is 0 Å². The van der Waals surface area contributed by atoms with Crippen molar-refractivity contribution in [1.82, 2.24) is 49.9 Å². The van der Waals surface area contributed by atoms with E-state index in [2.05, 4.69) is 53.9 Å². The zero-order chi connectivity index (χ0) is 23.8. The summed E-state index contributed by atoms with van der Waals surface area (Å²) in [6, 6.07) is 7.86. The molecule has 0 unspecified atom stereocenters. The summed E-state index contributed by atoms with van der Waals surface area (Å²) >= 11 is 0. The van der Waals surface area contributed by atoms with Crippen LogP contribution in [-0.4, -0.2) is 44.6 Å². The van der Waals surface area contributed by atoms with Crippen molar-refractivity contribution < 1.29 is 4.39 Å². The second kappa shape index (κ2) is 8.99. The topological polar surface area (TPSA) is 104 Å². The molecule has 0 spiro atoms. The van der Waals surface area contributed by atoms with E-state index in [1.165, 1.54) is 29.4 Å². The number of benzene rings is 1. The molecule has 0 amide bonds. The minimum atomic E-state index is -0.242. The number of aromatic nitrogens is 9. The normalized spacial score (nSPS) is 13.7. The predicted octanol–water partition coefficient (Wildman–Crippen LogP) is 2.82. The fourth-order valence-corrected chi connectivity index (χ4v) is 4.36. The van der Waals surface area contributed by atoms with E-state index in [9.17, 15) is 0 Å². The van der Waals surface area contributed by atoms with E-state index < -0.39 is 0 Å². The zero-order valence-electron chi connectivity index (χ0n) is 19.3. The van der Waals surface area contributed by atoms with Crippen molar-refractivity contribution in [3.63, 3.8) is 0 Å². The van der Waals surface area contributed by atoms with Crippen molar-refractivity contribution >= 4 is 5.65 Å². The Morgan fingerprint density at radius 1 is 1.03 bits per heavy atom. The molecule has 35 heavy (non-hydrogen) atoms. The van der Waals surface area contributed by atoms with Crippen LogP contribution < -0.4 is 5.32 Å². The van der Waals surface area contributed by atoms with Gasteiger partial charge >= 0.3 is 0 Å². The van der Waals surface area contributed by atoms with Crippen LogP contribution >= 0.6 is 0 Å². The van der Waals surface area contributed by atoms with Crippen LogP contribution in [0.5, 0.6) is 0 Å². The quantitative estimate of drug-likeness (QED) is 0.352. The number of pyridine rings is 1. The molecule has 178 valence electrons. The maximum atomic E-state index is 15.1. The Morgan fingerprint density at radius 2 is 1.94 bits per heavy atom. The summed E-state index contributed by atoms with van der Waals surface area (Å²) in [5, 5.41) is 23.0. The zero-order valence-corrected chi connectivity index (χ0v) is 19.3. The van der Waals surface area contributed by atoms with Gasteiger partial charge in [0, 0.05) is 31.0 Å². The third kappa shape index (κ3) is 4.42. The summed E-state index contributed by atoms with van der Waals surface area (Å²) in [6.45, 7) is 3.21. The number of halogens is 1. The molecular weight excluding hydrogens is 447 g/mol. The van der Waals surface area contributed by atoms with Gasteiger partial charge in [0.15, 0.2) is 0 Å². The van der Waals surface area contributed by atoms with Gasteiger partial charge in [-0.1, -0.05) is 24.3 Å². The van der Waals surface area contributed by atoms with E-state index in [1.54, 1.807) is 10.7 Å². The van der Waals surface area contributed by atoms with Crippen LogP contribution in [0, 0.1) is 5.82 Å². The highest BCUT2D eigenvalue weighted by atomic mass is 19.1. The molecule has 4 aromatic heterocycles. The lowest BCUT2D eigenvalue weighted by atomic mass is 10.1. The van der Waals surface area contributed by atoms with Crippen molar-refractivity contribution in [3.8, 4) is 5.69 Å². The first-order chi connectivity index (χ1) is 17.2. The smallest absolute Gasteiger partial charge is 0.143 e. The molecule has 6 rings (SSSR count). The monoisotopic (exact) mass is 472 g/mol. The average Bonchev–Trinajstić information content (AvgIpc) is 3.22. The van der Waals surface area contributed by atoms with Crippen molar-refractivity contribution in [1.29, 1.82) is 0 Å². The van der Waals surface area contributed by atoms with Gasteiger partial charge in [0.1, 0.15) is 17.8 Å². The lowest BCUT2D eigenvalue weighted by molar-refractivity contribution is 0.569. The van der Waals surface area contributed by atoms with Crippen molar-refractivity contribution in [2.24, 2.45) is 0 Å². The summed E-state index contributed by atoms with van der Waals surface area (Å²) in [5.41, 5.74) is 5.77. The lowest BCUT2D eigenvalue weighted by Gasteiger charge is -2.13. The van der Waals surface area contributed by atoms with Crippen LogP contribution in [0.15, 0.2) is 49.2 Å². The molecule has 0 aliphatic heterocycles. The molecule has 0 radical (unpaired) electrons. The lowest BCUT2D eigenvalue weighted by Crippen LogP contribution is -2.17. The molecule has 0 bridgehead atoms. The standard InChI is InChI=1S/C24H25FN10/c1-2-16-5-7-22(35-15-27-30-32-35)21(24(16)25)10-26-9-19-13-34(31-29-19)14-20-12-33-11-18(17-3-4-17)6-8-23(33)28-20/h5-8,11-13,15,17,26H,2-4,9-10,14H2,1H3. The third-order valence-electron chi connectivity index (χ3n) is 6.37. The van der Waals surface area contributed by atoms with Crippen LogP contribution in [0.4, 0.5) is 4.39 Å². The number of imidazole rings is 1. The molecule has 1 aliphatic carbocycles. The molecule has 1 aromatic carbocycles. The molecule has 4 heterocycles. The Labute approximate surface area is 200 Å². The fraction of sp³-hybridized carbons (Fsp3) is 0.333. The summed E-state index contributed by atoms with van der Waals surface area (Å²) < 4.78 is 20.4. The Balaban J connectivity index is 1.12. The summed E-state index contributed by atoms with van der Waals surface area (Å²) in [4.78, 5) is 4.70. The van der Waals surface area contributed by atoms with Gasteiger partial charge in [-0.05, 0) is 58.9 Å². The maximum Gasteiger partial charge on any atom is 0.143 e. The molecule has 11 heteroatoms. The Morgan fingerprint density at radius 3 is 2.74 bits per heavy atom. The highest BCUT2D eigenvalue weighted by Gasteiger charge is 2.23. The first kappa shape index (κ1) is 21.5. The first-order valence-electron chi connectivity index (χ1n) is 11.8. The third-order valence-corrected chi connectivity index (χ3v) is 6.37. The van der Waals surface area contributed by atoms with Crippen LogP contribution in [0.3, 0.4) is 0 Å². The SMILES string of the molecule is CCc1ccc(-n2cnnn2)c(CNCc2cn(Cc3cn4cc(C5CC5)ccc4n3)nn2)c1F. The first-order valence-corrected chi connectivity index (χ1v) is 11.8. The second-order valence-corrected chi connectivity index (χ2v) is 8.89. The van der Waals surface area contributed by atoms with E-state index >= 15 is 4.39 Å². The van der Waals surface area contributed by atoms with E-state index in [-0.39, 0.29) is 5.82 Å². The van der Waals surface area contributed by atoms with Crippen LogP contribution in [0.25, 0.3) is 11.3 Å². The fourth-order valence-electron chi connectivity index (χ4n) is 4.36. The van der Waals surface area contributed by atoms with Gasteiger partial charge < -0.3 is 9.72 Å². The largest absolute Gasteiger partial charge is 0.307 e. The Bertz CT molecular complexity index is 1470. The highest BCUT2D eigenvalue weighted by molar-refractivity contribution is 5.44. The van der Waals surface area contributed by atoms with E-state index in [1.807, 2.05) is 25.4 Å². The van der Waals surface area contributed by atoms with E-state index in [0.717, 1.165) is 17.0 Å². The molecule has 1 saturated carbocycles. The van der Waals surface area contributed by atoms with Crippen molar-refractivity contribution in [3.05, 3.63) is 83.1 Å². The van der Waals surface area contributed by atoms with Crippen LogP contribution in [0.2, 0.25) is 0 Å². The molecule has 0 saturated heterocycles. The van der Waals surface area contributed by atoms with Gasteiger partial charge in [-0.15, -0.1) is 10.2 Å². The molecule has 10 nitrogen and oxygen atoms in total. The van der Waals surface area contributed by atoms with Gasteiger partial charge in [-0.2, -0.15) is 0 Å². The maximum absolute atomic E-state index is 15.1. The Hall–Kier alpha value is -3.99. The van der Waals surface area contributed by atoms with Gasteiger partial charge in [0.05, 0.1) is 29.8 Å². The van der Waals surface area contributed by atoms with Gasteiger partial charge in [0.25, 0.3) is 0 Å². The van der Waals surface area contributed by atoms with Gasteiger partial charge in [-0.25, -0.2) is 18.7 Å². The van der Waals surface area contributed by atoms with Crippen LogP contribution in [0.1, 0.15) is 53.8 Å². The summed E-state index contributed by atoms with van der Waals surface area (Å²) in [5.74, 6) is 0.464. The summed E-state index contributed by atoms with van der Waals surface area (Å²) in [7, 11) is 0. The van der Waals surface area contributed by atoms with Crippen molar-refractivity contribution in [2.45, 2.75) is 51.7 Å². The number of hydrogen-bond acceptors (Lipinski definition) is 7. The number of tetrazole rings is 1.